The van der Waals surface area contributed by atoms with Crippen molar-refractivity contribution in [1.82, 2.24) is 10.2 Å². The largest absolute Gasteiger partial charge is 0.384 e. The van der Waals surface area contributed by atoms with Crippen LogP contribution in [0.25, 0.3) is 0 Å². The van der Waals surface area contributed by atoms with E-state index in [9.17, 15) is 0 Å². The molecule has 5 heteroatoms. The average Bonchev–Trinajstić information content (AvgIpc) is 3.14. The SMILES string of the molecule is CCNC(=NCCCC1CCCC1)N1CCC(COC)C1.I. The molecule has 0 bridgehead atoms. The van der Waals surface area contributed by atoms with Crippen LogP contribution in [0.5, 0.6) is 0 Å². The van der Waals surface area contributed by atoms with Gasteiger partial charge in [-0.15, -0.1) is 24.0 Å². The van der Waals surface area contributed by atoms with Crippen molar-refractivity contribution >= 4 is 29.9 Å². The molecule has 0 aromatic heterocycles. The molecule has 2 aliphatic rings. The molecule has 2 fully saturated rings. The van der Waals surface area contributed by atoms with Crippen LogP contribution >= 0.6 is 24.0 Å². The molecule has 1 heterocycles. The van der Waals surface area contributed by atoms with Gasteiger partial charge < -0.3 is 15.0 Å². The third-order valence-corrected chi connectivity index (χ3v) is 4.83. The molecule has 1 saturated heterocycles. The number of nitrogens with one attached hydrogen (secondary N) is 1. The number of ether oxygens (including phenoxy) is 1. The van der Waals surface area contributed by atoms with Gasteiger partial charge in [0, 0.05) is 39.2 Å². The predicted octanol–water partition coefficient (Wildman–Crippen LogP) is 3.51. The number of aliphatic imine (C=N–C) groups is 1. The number of hydrogen-bond acceptors (Lipinski definition) is 2. The number of likely N-dealkylation sites (tertiary alicyclic amines) is 1. The lowest BCUT2D eigenvalue weighted by Gasteiger charge is -2.21. The third kappa shape index (κ3) is 6.60. The van der Waals surface area contributed by atoms with Crippen LogP contribution in [0.1, 0.15) is 51.9 Å². The summed E-state index contributed by atoms with van der Waals surface area (Å²) in [5.74, 6) is 2.76. The maximum Gasteiger partial charge on any atom is 0.193 e. The lowest BCUT2D eigenvalue weighted by molar-refractivity contribution is 0.157. The van der Waals surface area contributed by atoms with Gasteiger partial charge in [-0.2, -0.15) is 0 Å². The molecule has 2 rings (SSSR count). The van der Waals surface area contributed by atoms with E-state index >= 15 is 0 Å². The second-order valence-corrected chi connectivity index (χ2v) is 6.58. The highest BCUT2D eigenvalue weighted by atomic mass is 127. The first-order valence-corrected chi connectivity index (χ1v) is 8.85. The third-order valence-electron chi connectivity index (χ3n) is 4.83. The highest BCUT2D eigenvalue weighted by molar-refractivity contribution is 14.0. The van der Waals surface area contributed by atoms with Gasteiger partial charge in [0.25, 0.3) is 0 Å². The Morgan fingerprint density at radius 2 is 2.00 bits per heavy atom. The highest BCUT2D eigenvalue weighted by Gasteiger charge is 2.24. The molecule has 4 nitrogen and oxygen atoms in total. The van der Waals surface area contributed by atoms with Crippen LogP contribution in [0.15, 0.2) is 4.99 Å². The minimum atomic E-state index is 0. The number of nitrogens with zero attached hydrogens (tertiary/aromatic N) is 2. The lowest BCUT2D eigenvalue weighted by atomic mass is 10.0. The Kier molecular flexibility index (Phi) is 10.4. The normalized spacial score (nSPS) is 22.9. The van der Waals surface area contributed by atoms with Crippen molar-refractivity contribution in [3.05, 3.63) is 0 Å². The van der Waals surface area contributed by atoms with E-state index < -0.39 is 0 Å². The Morgan fingerprint density at radius 3 is 2.68 bits per heavy atom. The van der Waals surface area contributed by atoms with Crippen molar-refractivity contribution < 1.29 is 4.74 Å². The molecule has 1 N–H and O–H groups in total. The van der Waals surface area contributed by atoms with Gasteiger partial charge in [-0.1, -0.05) is 25.7 Å². The van der Waals surface area contributed by atoms with Gasteiger partial charge in [0.05, 0.1) is 6.61 Å². The van der Waals surface area contributed by atoms with E-state index in [1.54, 1.807) is 7.11 Å². The fourth-order valence-electron chi connectivity index (χ4n) is 3.69. The van der Waals surface area contributed by atoms with Crippen molar-refractivity contribution in [2.24, 2.45) is 16.8 Å². The Balaban J connectivity index is 0.00000242. The van der Waals surface area contributed by atoms with Gasteiger partial charge in [-0.25, -0.2) is 0 Å². The first-order chi connectivity index (χ1) is 10.3. The summed E-state index contributed by atoms with van der Waals surface area (Å²) in [7, 11) is 1.80. The second-order valence-electron chi connectivity index (χ2n) is 6.58. The summed E-state index contributed by atoms with van der Waals surface area (Å²) in [4.78, 5) is 7.25. The van der Waals surface area contributed by atoms with E-state index in [4.69, 9.17) is 9.73 Å². The Hall–Kier alpha value is -0.0400. The van der Waals surface area contributed by atoms with Crippen LogP contribution in [0.3, 0.4) is 0 Å². The van der Waals surface area contributed by atoms with E-state index in [1.165, 1.54) is 44.9 Å². The monoisotopic (exact) mass is 423 g/mol. The van der Waals surface area contributed by atoms with Crippen molar-refractivity contribution in [2.45, 2.75) is 51.9 Å². The molecule has 1 unspecified atom stereocenters. The van der Waals surface area contributed by atoms with Gasteiger partial charge in [0.1, 0.15) is 0 Å². The number of hydrogen-bond donors (Lipinski definition) is 1. The minimum Gasteiger partial charge on any atom is -0.384 e. The van der Waals surface area contributed by atoms with E-state index in [-0.39, 0.29) is 24.0 Å². The van der Waals surface area contributed by atoms with E-state index in [0.29, 0.717) is 5.92 Å². The molecular weight excluding hydrogens is 389 g/mol. The molecular formula is C17H34IN3O. The van der Waals surface area contributed by atoms with E-state index in [0.717, 1.165) is 44.7 Å². The Labute approximate surface area is 153 Å². The first kappa shape index (κ1) is 20.0. The maximum atomic E-state index is 5.28. The Morgan fingerprint density at radius 1 is 1.23 bits per heavy atom. The first-order valence-electron chi connectivity index (χ1n) is 8.85. The zero-order valence-electron chi connectivity index (χ0n) is 14.4. The molecule has 0 aromatic carbocycles. The molecule has 0 spiro atoms. The van der Waals surface area contributed by atoms with Crippen LogP contribution < -0.4 is 5.32 Å². The average molecular weight is 423 g/mol. The Bertz CT molecular complexity index is 319. The predicted molar refractivity (Wildman–Crippen MR) is 104 cm³/mol. The smallest absolute Gasteiger partial charge is 0.193 e. The zero-order valence-corrected chi connectivity index (χ0v) is 16.7. The van der Waals surface area contributed by atoms with Gasteiger partial charge >= 0.3 is 0 Å². The summed E-state index contributed by atoms with van der Waals surface area (Å²) in [6.45, 7) is 7.15. The fourth-order valence-corrected chi connectivity index (χ4v) is 3.69. The summed E-state index contributed by atoms with van der Waals surface area (Å²) >= 11 is 0. The number of methoxy groups -OCH3 is 1. The van der Waals surface area contributed by atoms with Crippen LogP contribution in [0.2, 0.25) is 0 Å². The van der Waals surface area contributed by atoms with Gasteiger partial charge in [-0.3, -0.25) is 4.99 Å². The molecule has 130 valence electrons. The molecule has 1 saturated carbocycles. The summed E-state index contributed by atoms with van der Waals surface area (Å²) in [6, 6.07) is 0. The van der Waals surface area contributed by atoms with Crippen LogP contribution in [-0.4, -0.2) is 50.8 Å². The standard InChI is InChI=1S/C17H33N3O.HI/c1-3-18-17(20-12-10-16(13-20)14-21-2)19-11-6-9-15-7-4-5-8-15;/h15-16H,3-14H2,1-2H3,(H,18,19);1H. The van der Waals surface area contributed by atoms with Crippen LogP contribution in [0.4, 0.5) is 0 Å². The minimum absolute atomic E-state index is 0. The summed E-state index contributed by atoms with van der Waals surface area (Å²) < 4.78 is 5.28. The van der Waals surface area contributed by atoms with Crippen molar-refractivity contribution in [1.29, 1.82) is 0 Å². The molecule has 22 heavy (non-hydrogen) atoms. The highest BCUT2D eigenvalue weighted by Crippen LogP contribution is 2.28. The van der Waals surface area contributed by atoms with Crippen molar-refractivity contribution in [3.63, 3.8) is 0 Å². The van der Waals surface area contributed by atoms with Crippen molar-refractivity contribution in [2.75, 3.05) is 39.9 Å². The van der Waals surface area contributed by atoms with Gasteiger partial charge in [0.15, 0.2) is 5.96 Å². The molecule has 0 aromatic rings. The number of guanidine groups is 1. The molecule has 1 aliphatic heterocycles. The van der Waals surface area contributed by atoms with Crippen LogP contribution in [-0.2, 0) is 4.74 Å². The molecule has 0 radical (unpaired) electrons. The van der Waals surface area contributed by atoms with E-state index in [2.05, 4.69) is 17.1 Å². The lowest BCUT2D eigenvalue weighted by Crippen LogP contribution is -2.40. The van der Waals surface area contributed by atoms with Crippen molar-refractivity contribution in [3.8, 4) is 0 Å². The van der Waals surface area contributed by atoms with Gasteiger partial charge in [-0.05, 0) is 32.1 Å². The molecule has 1 atom stereocenters. The fraction of sp³-hybridized carbons (Fsp3) is 0.941. The number of halogens is 1. The molecule has 1 aliphatic carbocycles. The number of rotatable bonds is 7. The van der Waals surface area contributed by atoms with E-state index in [1.807, 2.05) is 0 Å². The summed E-state index contributed by atoms with van der Waals surface area (Å²) in [5, 5.41) is 3.45. The second kappa shape index (κ2) is 11.5. The zero-order chi connectivity index (χ0) is 14.9. The topological polar surface area (TPSA) is 36.9 Å². The molecule has 0 amide bonds. The summed E-state index contributed by atoms with van der Waals surface area (Å²) in [6.07, 6.45) is 9.64. The van der Waals surface area contributed by atoms with Crippen LogP contribution in [0, 0.1) is 11.8 Å². The quantitative estimate of drug-likeness (QED) is 0.295. The summed E-state index contributed by atoms with van der Waals surface area (Å²) in [5.41, 5.74) is 0. The van der Waals surface area contributed by atoms with Gasteiger partial charge in [0.2, 0.25) is 0 Å². The maximum absolute atomic E-state index is 5.28.